The second kappa shape index (κ2) is 7.49. The van der Waals surface area contributed by atoms with Gasteiger partial charge in [0.1, 0.15) is 0 Å². The van der Waals surface area contributed by atoms with Gasteiger partial charge in [0.25, 0.3) is 0 Å². The van der Waals surface area contributed by atoms with Crippen molar-refractivity contribution >= 4 is 26.7 Å². The molecular weight excluding hydrogens is 252 g/mol. The van der Waals surface area contributed by atoms with Crippen LogP contribution >= 0.6 is 11.3 Å². The quantitative estimate of drug-likeness (QED) is 0.655. The van der Waals surface area contributed by atoms with E-state index in [0.717, 1.165) is 17.2 Å². The molecule has 0 atom stereocenters. The third-order valence-corrected chi connectivity index (χ3v) is 4.34. The molecule has 104 valence electrons. The fraction of sp³-hybridized carbons (Fsp3) is 0.562. The molecule has 2 aromatic rings. The first kappa shape index (κ1) is 14.3. The number of nitrogens with one attached hydrogen (secondary N) is 1. The maximum absolute atomic E-state index is 4.63. The first-order chi connectivity index (χ1) is 9.29. The third kappa shape index (κ3) is 4.50. The summed E-state index contributed by atoms with van der Waals surface area (Å²) in [7, 11) is 0. The Bertz CT molecular complexity index is 504. The van der Waals surface area contributed by atoms with E-state index < -0.39 is 0 Å². The lowest BCUT2D eigenvalue weighted by Crippen LogP contribution is -2.00. The van der Waals surface area contributed by atoms with E-state index in [2.05, 4.69) is 42.3 Å². The van der Waals surface area contributed by atoms with Crippen molar-refractivity contribution in [3.05, 3.63) is 23.8 Å². The molecule has 2 nitrogen and oxygen atoms in total. The normalized spacial score (nSPS) is 11.1. The summed E-state index contributed by atoms with van der Waals surface area (Å²) >= 11 is 1.76. The molecule has 0 saturated carbocycles. The molecular formula is C16H24N2S. The first-order valence-electron chi connectivity index (χ1n) is 7.40. The smallest absolute Gasteiger partial charge is 0.183 e. The van der Waals surface area contributed by atoms with Crippen molar-refractivity contribution in [2.24, 2.45) is 0 Å². The van der Waals surface area contributed by atoms with E-state index in [1.807, 2.05) is 0 Å². The third-order valence-electron chi connectivity index (χ3n) is 3.35. The van der Waals surface area contributed by atoms with E-state index in [9.17, 15) is 0 Å². The van der Waals surface area contributed by atoms with Crippen LogP contribution in [0.3, 0.4) is 0 Å². The van der Waals surface area contributed by atoms with E-state index in [0.29, 0.717) is 0 Å². The predicted molar refractivity (Wildman–Crippen MR) is 86.2 cm³/mol. The summed E-state index contributed by atoms with van der Waals surface area (Å²) in [6, 6.07) is 6.47. The number of thiazole rings is 1. The average Bonchev–Trinajstić information content (AvgIpc) is 2.79. The second-order valence-electron chi connectivity index (χ2n) is 5.18. The van der Waals surface area contributed by atoms with Gasteiger partial charge < -0.3 is 5.32 Å². The molecule has 1 aromatic heterocycles. The molecule has 0 aliphatic rings. The van der Waals surface area contributed by atoms with Gasteiger partial charge in [-0.05, 0) is 31.0 Å². The molecule has 0 saturated heterocycles. The van der Waals surface area contributed by atoms with Crippen molar-refractivity contribution in [2.75, 3.05) is 11.9 Å². The SMILES string of the molecule is CCCCCCCCNc1nc2cc(C)ccc2s1. The second-order valence-corrected chi connectivity index (χ2v) is 6.22. The van der Waals surface area contributed by atoms with E-state index >= 15 is 0 Å². The van der Waals surface area contributed by atoms with E-state index in [-0.39, 0.29) is 0 Å². The molecule has 0 unspecified atom stereocenters. The number of benzene rings is 1. The van der Waals surface area contributed by atoms with Crippen molar-refractivity contribution in [3.8, 4) is 0 Å². The molecule has 3 heteroatoms. The molecule has 0 spiro atoms. The first-order valence-corrected chi connectivity index (χ1v) is 8.22. The van der Waals surface area contributed by atoms with Crippen LogP contribution in [-0.4, -0.2) is 11.5 Å². The van der Waals surface area contributed by atoms with E-state index in [4.69, 9.17) is 0 Å². The molecule has 0 aliphatic carbocycles. The van der Waals surface area contributed by atoms with E-state index in [1.165, 1.54) is 48.8 Å². The van der Waals surface area contributed by atoms with Crippen molar-refractivity contribution in [1.29, 1.82) is 0 Å². The highest BCUT2D eigenvalue weighted by atomic mass is 32.1. The van der Waals surface area contributed by atoms with Crippen molar-refractivity contribution in [1.82, 2.24) is 4.98 Å². The molecule has 0 radical (unpaired) electrons. The van der Waals surface area contributed by atoms with Gasteiger partial charge in [-0.3, -0.25) is 0 Å². The molecule has 1 aromatic carbocycles. The molecule has 1 heterocycles. The van der Waals surface area contributed by atoms with Gasteiger partial charge in [-0.2, -0.15) is 0 Å². The lowest BCUT2D eigenvalue weighted by atomic mass is 10.1. The number of nitrogens with zero attached hydrogens (tertiary/aromatic N) is 1. The van der Waals surface area contributed by atoms with Gasteiger partial charge in [0.05, 0.1) is 10.2 Å². The maximum atomic E-state index is 4.63. The van der Waals surface area contributed by atoms with Crippen LogP contribution in [0.5, 0.6) is 0 Å². The number of aryl methyl sites for hydroxylation is 1. The summed E-state index contributed by atoms with van der Waals surface area (Å²) in [5.41, 5.74) is 2.40. The molecule has 0 bridgehead atoms. The lowest BCUT2D eigenvalue weighted by molar-refractivity contribution is 0.617. The van der Waals surface area contributed by atoms with Crippen LogP contribution in [-0.2, 0) is 0 Å². The number of unbranched alkanes of at least 4 members (excludes halogenated alkanes) is 5. The standard InChI is InChI=1S/C16H24N2S/c1-3-4-5-6-7-8-11-17-16-18-14-12-13(2)9-10-15(14)19-16/h9-10,12H,3-8,11H2,1-2H3,(H,17,18). The monoisotopic (exact) mass is 276 g/mol. The maximum Gasteiger partial charge on any atom is 0.183 e. The Hall–Kier alpha value is -1.09. The number of anilines is 1. The van der Waals surface area contributed by atoms with Crippen molar-refractivity contribution < 1.29 is 0 Å². The number of rotatable bonds is 8. The van der Waals surface area contributed by atoms with E-state index in [1.54, 1.807) is 11.3 Å². The van der Waals surface area contributed by atoms with Crippen LogP contribution in [0.15, 0.2) is 18.2 Å². The molecule has 0 fully saturated rings. The van der Waals surface area contributed by atoms with Crippen LogP contribution in [0.1, 0.15) is 51.0 Å². The minimum absolute atomic E-state index is 1.05. The highest BCUT2D eigenvalue weighted by Gasteiger charge is 2.02. The summed E-state index contributed by atoms with van der Waals surface area (Å²) < 4.78 is 1.27. The van der Waals surface area contributed by atoms with Crippen LogP contribution in [0, 0.1) is 6.92 Å². The Balaban J connectivity index is 1.72. The molecule has 19 heavy (non-hydrogen) atoms. The van der Waals surface area contributed by atoms with Gasteiger partial charge in [0.15, 0.2) is 5.13 Å². The molecule has 0 amide bonds. The Morgan fingerprint density at radius 2 is 1.89 bits per heavy atom. The molecule has 1 N–H and O–H groups in total. The fourth-order valence-corrected chi connectivity index (χ4v) is 3.09. The molecule has 2 rings (SSSR count). The number of hydrogen-bond acceptors (Lipinski definition) is 3. The fourth-order valence-electron chi connectivity index (χ4n) is 2.21. The summed E-state index contributed by atoms with van der Waals surface area (Å²) in [5.74, 6) is 0. The highest BCUT2D eigenvalue weighted by molar-refractivity contribution is 7.22. The number of aromatic nitrogens is 1. The Morgan fingerprint density at radius 1 is 1.11 bits per heavy atom. The minimum Gasteiger partial charge on any atom is -0.361 e. The summed E-state index contributed by atoms with van der Waals surface area (Å²) in [6.07, 6.45) is 8.04. The topological polar surface area (TPSA) is 24.9 Å². The van der Waals surface area contributed by atoms with Crippen molar-refractivity contribution in [3.63, 3.8) is 0 Å². The largest absolute Gasteiger partial charge is 0.361 e. The van der Waals surface area contributed by atoms with Gasteiger partial charge in [0, 0.05) is 6.54 Å². The predicted octanol–water partition coefficient (Wildman–Crippen LogP) is 5.38. The summed E-state index contributed by atoms with van der Waals surface area (Å²) in [5, 5.41) is 4.52. The van der Waals surface area contributed by atoms with Gasteiger partial charge in [-0.25, -0.2) is 4.98 Å². The molecule has 0 aliphatic heterocycles. The van der Waals surface area contributed by atoms with Gasteiger partial charge in [-0.1, -0.05) is 56.4 Å². The summed E-state index contributed by atoms with van der Waals surface area (Å²) in [4.78, 5) is 4.63. The van der Waals surface area contributed by atoms with Gasteiger partial charge in [-0.15, -0.1) is 0 Å². The van der Waals surface area contributed by atoms with Crippen LogP contribution in [0.4, 0.5) is 5.13 Å². The zero-order valence-corrected chi connectivity index (χ0v) is 12.9. The van der Waals surface area contributed by atoms with Gasteiger partial charge in [0.2, 0.25) is 0 Å². The van der Waals surface area contributed by atoms with Crippen LogP contribution in [0.25, 0.3) is 10.2 Å². The van der Waals surface area contributed by atoms with Crippen LogP contribution < -0.4 is 5.32 Å². The Morgan fingerprint density at radius 3 is 2.74 bits per heavy atom. The zero-order valence-electron chi connectivity index (χ0n) is 12.0. The van der Waals surface area contributed by atoms with Gasteiger partial charge >= 0.3 is 0 Å². The Labute approximate surface area is 120 Å². The van der Waals surface area contributed by atoms with Crippen LogP contribution in [0.2, 0.25) is 0 Å². The lowest BCUT2D eigenvalue weighted by Gasteiger charge is -2.02. The number of fused-ring (bicyclic) bond motifs is 1. The Kier molecular flexibility index (Phi) is 5.64. The number of hydrogen-bond donors (Lipinski definition) is 1. The summed E-state index contributed by atoms with van der Waals surface area (Å²) in [6.45, 7) is 5.42. The average molecular weight is 276 g/mol. The van der Waals surface area contributed by atoms with Crippen molar-refractivity contribution in [2.45, 2.75) is 52.4 Å². The highest BCUT2D eigenvalue weighted by Crippen LogP contribution is 2.26. The minimum atomic E-state index is 1.05. The zero-order chi connectivity index (χ0) is 13.5.